The number of ether oxygens (including phenoxy) is 1. The normalized spacial score (nSPS) is 12.5. The van der Waals surface area contributed by atoms with Gasteiger partial charge in [0.2, 0.25) is 11.8 Å². The van der Waals surface area contributed by atoms with Crippen molar-refractivity contribution in [3.05, 3.63) is 124 Å². The number of halogens is 2. The number of carbonyl (C=O) groups excluding carboxylic acids is 2. The number of hydrogen-bond donors (Lipinski definition) is 1. The van der Waals surface area contributed by atoms with Gasteiger partial charge in [0.1, 0.15) is 18.3 Å². The molecule has 0 saturated heterocycles. The highest BCUT2D eigenvalue weighted by molar-refractivity contribution is 7.92. The molecule has 0 fully saturated rings. The minimum absolute atomic E-state index is 0.00671. The summed E-state index contributed by atoms with van der Waals surface area (Å²) < 4.78 is 35.4. The van der Waals surface area contributed by atoms with Crippen molar-refractivity contribution in [2.75, 3.05) is 17.5 Å². The second kappa shape index (κ2) is 16.7. The van der Waals surface area contributed by atoms with E-state index in [1.165, 1.54) is 29.2 Å². The first-order valence-electron chi connectivity index (χ1n) is 15.4. The number of nitrogens with one attached hydrogen (secondary N) is 1. The molecule has 0 unspecified atom stereocenters. The minimum Gasteiger partial charge on any atom is -0.492 e. The average molecular weight is 697 g/mol. The second-order valence-corrected chi connectivity index (χ2v) is 13.8. The van der Waals surface area contributed by atoms with Gasteiger partial charge in [-0.05, 0) is 79.9 Å². The summed E-state index contributed by atoms with van der Waals surface area (Å²) in [5.74, 6) is -0.647. The molecule has 2 amide bonds. The van der Waals surface area contributed by atoms with Crippen molar-refractivity contribution in [3.63, 3.8) is 0 Å². The third kappa shape index (κ3) is 9.50. The van der Waals surface area contributed by atoms with Crippen molar-refractivity contribution in [2.24, 2.45) is 0 Å². The first-order chi connectivity index (χ1) is 22.5. The van der Waals surface area contributed by atoms with E-state index >= 15 is 0 Å². The molecule has 47 heavy (non-hydrogen) atoms. The van der Waals surface area contributed by atoms with Crippen LogP contribution in [0.5, 0.6) is 5.75 Å². The SMILES string of the molecule is CCOc1ccccc1N(CC(=O)N(Cc1cccc(Cl)c1)[C@H](Cc1ccccc1)C(=O)N[C@@H](C)CC)S(=O)(=O)c1ccc(Cl)cc1. The van der Waals surface area contributed by atoms with E-state index in [1.807, 2.05) is 50.2 Å². The molecule has 248 valence electrons. The molecule has 8 nitrogen and oxygen atoms in total. The lowest BCUT2D eigenvalue weighted by molar-refractivity contribution is -0.140. The Morgan fingerprint density at radius 2 is 1.49 bits per heavy atom. The third-order valence-corrected chi connectivity index (χ3v) is 9.89. The smallest absolute Gasteiger partial charge is 0.264 e. The molecule has 0 aromatic heterocycles. The van der Waals surface area contributed by atoms with Gasteiger partial charge in [-0.15, -0.1) is 0 Å². The molecular weight excluding hydrogens is 657 g/mol. The number of amides is 2. The van der Waals surface area contributed by atoms with Crippen LogP contribution in [0.25, 0.3) is 0 Å². The molecule has 11 heteroatoms. The molecule has 0 spiro atoms. The predicted octanol–water partition coefficient (Wildman–Crippen LogP) is 7.14. The second-order valence-electron chi connectivity index (χ2n) is 11.0. The molecule has 0 aliphatic heterocycles. The highest BCUT2D eigenvalue weighted by Gasteiger charge is 2.36. The summed E-state index contributed by atoms with van der Waals surface area (Å²) in [6, 6.07) is 27.7. The molecule has 0 aliphatic carbocycles. The van der Waals surface area contributed by atoms with Crippen molar-refractivity contribution in [1.29, 1.82) is 0 Å². The number of carbonyl (C=O) groups is 2. The Labute approximate surface area is 287 Å². The lowest BCUT2D eigenvalue weighted by Crippen LogP contribution is -2.54. The van der Waals surface area contributed by atoms with Crippen molar-refractivity contribution in [1.82, 2.24) is 10.2 Å². The number of sulfonamides is 1. The van der Waals surface area contributed by atoms with Crippen LogP contribution in [-0.2, 0) is 32.6 Å². The molecule has 4 aromatic carbocycles. The fourth-order valence-corrected chi connectivity index (χ4v) is 6.78. The maximum atomic E-state index is 14.7. The molecule has 0 aliphatic rings. The Morgan fingerprint density at radius 3 is 2.15 bits per heavy atom. The highest BCUT2D eigenvalue weighted by Crippen LogP contribution is 2.33. The maximum absolute atomic E-state index is 14.7. The Kier molecular flexibility index (Phi) is 12.7. The van der Waals surface area contributed by atoms with Crippen LogP contribution in [-0.4, -0.2) is 50.4 Å². The van der Waals surface area contributed by atoms with Gasteiger partial charge in [-0.25, -0.2) is 8.42 Å². The molecule has 0 heterocycles. The van der Waals surface area contributed by atoms with Crippen molar-refractivity contribution in [3.8, 4) is 5.75 Å². The molecule has 0 radical (unpaired) electrons. The van der Waals surface area contributed by atoms with E-state index in [4.69, 9.17) is 27.9 Å². The van der Waals surface area contributed by atoms with E-state index in [2.05, 4.69) is 5.32 Å². The Bertz CT molecular complexity index is 1750. The largest absolute Gasteiger partial charge is 0.492 e. The van der Waals surface area contributed by atoms with E-state index in [0.29, 0.717) is 22.0 Å². The molecule has 1 N–H and O–H groups in total. The Hall–Kier alpha value is -4.05. The molecule has 4 aromatic rings. The van der Waals surface area contributed by atoms with E-state index in [1.54, 1.807) is 49.4 Å². The van der Waals surface area contributed by atoms with Crippen LogP contribution in [0.4, 0.5) is 5.69 Å². The van der Waals surface area contributed by atoms with E-state index in [-0.39, 0.29) is 47.9 Å². The van der Waals surface area contributed by atoms with Crippen molar-refractivity contribution < 1.29 is 22.7 Å². The lowest BCUT2D eigenvalue weighted by atomic mass is 10.0. The first-order valence-corrected chi connectivity index (χ1v) is 17.6. The zero-order valence-corrected chi connectivity index (χ0v) is 28.9. The fourth-order valence-electron chi connectivity index (χ4n) is 5.01. The summed E-state index contributed by atoms with van der Waals surface area (Å²) >= 11 is 12.4. The van der Waals surface area contributed by atoms with Crippen LogP contribution >= 0.6 is 23.2 Å². The van der Waals surface area contributed by atoms with Crippen LogP contribution in [0.15, 0.2) is 108 Å². The van der Waals surface area contributed by atoms with E-state index in [0.717, 1.165) is 9.87 Å². The van der Waals surface area contributed by atoms with Gasteiger partial charge in [-0.1, -0.05) is 84.7 Å². The number of hydrogen-bond acceptors (Lipinski definition) is 5. The van der Waals surface area contributed by atoms with Crippen LogP contribution < -0.4 is 14.4 Å². The summed E-state index contributed by atoms with van der Waals surface area (Å²) in [5.41, 5.74) is 1.71. The number of benzene rings is 4. The summed E-state index contributed by atoms with van der Waals surface area (Å²) in [4.78, 5) is 30.0. The number of para-hydroxylation sites is 2. The molecule has 0 bridgehead atoms. The van der Waals surface area contributed by atoms with Crippen LogP contribution in [0.2, 0.25) is 10.0 Å². The first kappa shape index (κ1) is 35.8. The van der Waals surface area contributed by atoms with Gasteiger partial charge in [-0.3, -0.25) is 13.9 Å². The quantitative estimate of drug-likeness (QED) is 0.143. The van der Waals surface area contributed by atoms with Gasteiger partial charge in [0, 0.05) is 29.1 Å². The summed E-state index contributed by atoms with van der Waals surface area (Å²) in [6.07, 6.45) is 0.891. The van der Waals surface area contributed by atoms with Crippen LogP contribution in [0, 0.1) is 0 Å². The highest BCUT2D eigenvalue weighted by atomic mass is 35.5. The average Bonchev–Trinajstić information content (AvgIpc) is 3.06. The van der Waals surface area contributed by atoms with Crippen LogP contribution in [0.3, 0.4) is 0 Å². The number of anilines is 1. The van der Waals surface area contributed by atoms with Gasteiger partial charge in [0.15, 0.2) is 0 Å². The van der Waals surface area contributed by atoms with Gasteiger partial charge < -0.3 is 15.0 Å². The Balaban J connectivity index is 1.84. The van der Waals surface area contributed by atoms with Gasteiger partial charge in [0.05, 0.1) is 17.2 Å². The fraction of sp³-hybridized carbons (Fsp3) is 0.278. The standard InChI is InChI=1S/C36H39Cl2N3O5S/c1-4-26(3)39-36(43)33(23-27-12-7-6-8-13-27)40(24-28-14-11-15-30(38)22-28)35(42)25-41(32-16-9-10-17-34(32)46-5-2)47(44,45)31-20-18-29(37)19-21-31/h6-22,26,33H,4-5,23-25H2,1-3H3,(H,39,43)/t26-,33+/m0/s1. The Morgan fingerprint density at radius 1 is 0.830 bits per heavy atom. The number of nitrogens with zero attached hydrogens (tertiary/aromatic N) is 2. The van der Waals surface area contributed by atoms with Crippen molar-refractivity contribution in [2.45, 2.75) is 57.1 Å². The molecule has 0 saturated carbocycles. The third-order valence-electron chi connectivity index (χ3n) is 7.63. The maximum Gasteiger partial charge on any atom is 0.264 e. The molecular formula is C36H39Cl2N3O5S. The van der Waals surface area contributed by atoms with Crippen molar-refractivity contribution >= 4 is 50.7 Å². The molecule has 2 atom stereocenters. The summed E-state index contributed by atoms with van der Waals surface area (Å²) in [7, 11) is -4.32. The zero-order valence-electron chi connectivity index (χ0n) is 26.6. The predicted molar refractivity (Wildman–Crippen MR) is 187 cm³/mol. The van der Waals surface area contributed by atoms with Crippen LogP contribution in [0.1, 0.15) is 38.3 Å². The molecule has 4 rings (SSSR count). The van der Waals surface area contributed by atoms with Gasteiger partial charge in [-0.2, -0.15) is 0 Å². The number of rotatable bonds is 15. The lowest BCUT2D eigenvalue weighted by Gasteiger charge is -2.34. The topological polar surface area (TPSA) is 96.0 Å². The minimum atomic E-state index is -4.32. The van der Waals surface area contributed by atoms with Gasteiger partial charge >= 0.3 is 0 Å². The summed E-state index contributed by atoms with van der Waals surface area (Å²) in [5, 5.41) is 3.87. The van der Waals surface area contributed by atoms with Gasteiger partial charge in [0.25, 0.3) is 10.0 Å². The van der Waals surface area contributed by atoms with E-state index in [9.17, 15) is 18.0 Å². The summed E-state index contributed by atoms with van der Waals surface area (Å²) in [6.45, 7) is 5.31. The monoisotopic (exact) mass is 695 g/mol. The van der Waals surface area contributed by atoms with E-state index < -0.39 is 28.5 Å². The zero-order chi connectivity index (χ0) is 34.0.